The molecule has 0 radical (unpaired) electrons. The molecule has 428 valence electrons. The summed E-state index contributed by atoms with van der Waals surface area (Å²) in [6.07, 6.45) is 1.92. The van der Waals surface area contributed by atoms with Gasteiger partial charge in [0.1, 0.15) is 17.5 Å². The zero-order valence-electron chi connectivity index (χ0n) is 49.2. The average Bonchev–Trinajstić information content (AvgIpc) is 1.55. The molecule has 10 heteroatoms. The number of hydrogen-bond donors (Lipinski definition) is 0. The Kier molecular flexibility index (Phi) is 10.6. The summed E-state index contributed by atoms with van der Waals surface area (Å²) in [5.74, 6) is 1.48. The van der Waals surface area contributed by atoms with Crippen LogP contribution in [0, 0.1) is 0 Å². The minimum absolute atomic E-state index is 0.473. The van der Waals surface area contributed by atoms with Crippen molar-refractivity contribution in [1.82, 2.24) is 42.8 Å². The van der Waals surface area contributed by atoms with Crippen molar-refractivity contribution in [2.75, 3.05) is 0 Å². The lowest BCUT2D eigenvalue weighted by Gasteiger charge is -2.15. The van der Waals surface area contributed by atoms with Crippen LogP contribution in [0.25, 0.3) is 183 Å². The van der Waals surface area contributed by atoms with E-state index in [9.17, 15) is 0 Å². The van der Waals surface area contributed by atoms with Crippen molar-refractivity contribution in [3.05, 3.63) is 298 Å². The highest BCUT2D eigenvalue weighted by Crippen LogP contribution is 2.47. The predicted octanol–water partition coefficient (Wildman–Crippen LogP) is 20.5. The Labute approximate surface area is 524 Å². The fraction of sp³-hybridized carbons (Fsp3) is 0. The smallest absolute Gasteiger partial charge is 0.167 e. The second kappa shape index (κ2) is 19.4. The molecule has 7 heterocycles. The fourth-order valence-corrected chi connectivity index (χ4v) is 15.0. The first-order valence-electron chi connectivity index (χ1n) is 31.0. The summed E-state index contributed by atoms with van der Waals surface area (Å²) in [4.78, 5) is 21.9. The Morgan fingerprint density at radius 3 is 1.25 bits per heavy atom. The van der Waals surface area contributed by atoms with Crippen LogP contribution in [0.3, 0.4) is 0 Å². The van der Waals surface area contributed by atoms with E-state index in [1.54, 1.807) is 0 Å². The molecule has 20 rings (SSSR count). The largest absolute Gasteiger partial charge is 0.455 e. The van der Waals surface area contributed by atoms with Gasteiger partial charge in [0, 0.05) is 82.4 Å². The van der Waals surface area contributed by atoms with Crippen molar-refractivity contribution < 1.29 is 4.42 Å². The fourth-order valence-electron chi connectivity index (χ4n) is 15.0. The number of aromatic nitrogens is 9. The molecule has 7 aromatic heterocycles. The summed E-state index contributed by atoms with van der Waals surface area (Å²) >= 11 is 0. The van der Waals surface area contributed by atoms with E-state index < -0.39 is 0 Å². The van der Waals surface area contributed by atoms with E-state index in [0.29, 0.717) is 23.1 Å². The van der Waals surface area contributed by atoms with Crippen molar-refractivity contribution in [1.29, 1.82) is 0 Å². The van der Waals surface area contributed by atoms with Gasteiger partial charge in [0.25, 0.3) is 0 Å². The molecule has 0 aliphatic heterocycles. The summed E-state index contributed by atoms with van der Waals surface area (Å²) < 4.78 is 19.2. The third-order valence-corrected chi connectivity index (χ3v) is 18.8. The van der Waals surface area contributed by atoms with Gasteiger partial charge in [0.2, 0.25) is 0 Å². The van der Waals surface area contributed by atoms with Crippen LogP contribution in [0.2, 0.25) is 0 Å². The molecule has 20 aromatic rings. The third kappa shape index (κ3) is 7.19. The lowest BCUT2D eigenvalue weighted by Crippen LogP contribution is -2.04. The number of rotatable bonds is 8. The molecule has 0 unspecified atom stereocenters. The summed E-state index contributed by atoms with van der Waals surface area (Å²) in [5.41, 5.74) is 19.4. The average molecular weight is 1180 g/mol. The van der Waals surface area contributed by atoms with Crippen molar-refractivity contribution in [2.24, 2.45) is 0 Å². The van der Waals surface area contributed by atoms with Crippen LogP contribution in [0.1, 0.15) is 0 Å². The van der Waals surface area contributed by atoms with Gasteiger partial charge in [-0.15, -0.1) is 0 Å². The van der Waals surface area contributed by atoms with Gasteiger partial charge in [0.15, 0.2) is 17.5 Å². The number of para-hydroxylation sites is 8. The van der Waals surface area contributed by atoms with Gasteiger partial charge in [-0.05, 0) is 91.0 Å². The molecule has 0 atom stereocenters. The minimum atomic E-state index is 0.473. The number of furan rings is 1. The van der Waals surface area contributed by atoms with Gasteiger partial charge in [-0.1, -0.05) is 200 Å². The first kappa shape index (κ1) is 50.3. The molecule has 92 heavy (non-hydrogen) atoms. The van der Waals surface area contributed by atoms with E-state index in [2.05, 4.69) is 290 Å². The van der Waals surface area contributed by atoms with Crippen LogP contribution in [-0.2, 0) is 0 Å². The zero-order chi connectivity index (χ0) is 60.1. The number of benzene rings is 13. The number of nitrogens with zero attached hydrogens (tertiary/aromatic N) is 9. The van der Waals surface area contributed by atoms with Crippen LogP contribution in [-0.4, -0.2) is 42.8 Å². The number of imidazole rings is 1. The Hall–Kier alpha value is -12.7. The second-order valence-corrected chi connectivity index (χ2v) is 23.7. The van der Waals surface area contributed by atoms with E-state index >= 15 is 0 Å². The van der Waals surface area contributed by atoms with Crippen LogP contribution in [0.4, 0.5) is 0 Å². The van der Waals surface area contributed by atoms with Gasteiger partial charge in [-0.25, -0.2) is 19.9 Å². The minimum Gasteiger partial charge on any atom is -0.455 e. The normalized spacial score (nSPS) is 12.1. The molecule has 0 fully saturated rings. The lowest BCUT2D eigenvalue weighted by molar-refractivity contribution is 0.669. The molecule has 13 aromatic carbocycles. The zero-order valence-corrected chi connectivity index (χ0v) is 49.2. The molecule has 0 saturated carbocycles. The van der Waals surface area contributed by atoms with Gasteiger partial charge in [-0.2, -0.15) is 0 Å². The Bertz CT molecular complexity index is 6430. The molecular weight excluding hydrogens is 1130 g/mol. The molecule has 0 aliphatic carbocycles. The third-order valence-electron chi connectivity index (χ3n) is 18.8. The molecule has 0 bridgehead atoms. The summed E-state index contributed by atoms with van der Waals surface area (Å²) in [5, 5.41) is 11.3. The van der Waals surface area contributed by atoms with Gasteiger partial charge >= 0.3 is 0 Å². The molecule has 0 saturated heterocycles. The summed E-state index contributed by atoms with van der Waals surface area (Å²) in [7, 11) is 0. The lowest BCUT2D eigenvalue weighted by atomic mass is 10.1. The molecule has 0 amide bonds. The van der Waals surface area contributed by atoms with E-state index in [-0.39, 0.29) is 0 Å². The van der Waals surface area contributed by atoms with Crippen molar-refractivity contribution in [3.63, 3.8) is 0 Å². The summed E-state index contributed by atoms with van der Waals surface area (Å²) in [6, 6.07) is 103. The van der Waals surface area contributed by atoms with Crippen LogP contribution in [0.15, 0.2) is 302 Å². The van der Waals surface area contributed by atoms with E-state index in [1.165, 1.54) is 26.9 Å². The van der Waals surface area contributed by atoms with Crippen LogP contribution in [0.5, 0.6) is 0 Å². The van der Waals surface area contributed by atoms with E-state index in [1.807, 2.05) is 30.6 Å². The van der Waals surface area contributed by atoms with E-state index in [4.69, 9.17) is 24.4 Å². The first-order valence-corrected chi connectivity index (χ1v) is 31.0. The van der Waals surface area contributed by atoms with Crippen molar-refractivity contribution in [2.45, 2.75) is 0 Å². The summed E-state index contributed by atoms with van der Waals surface area (Å²) in [6.45, 7) is 0. The highest BCUT2D eigenvalue weighted by molar-refractivity contribution is 6.26. The highest BCUT2D eigenvalue weighted by Gasteiger charge is 2.28. The monoisotopic (exact) mass is 1180 g/mol. The molecule has 10 nitrogen and oxygen atoms in total. The topological polar surface area (TPSA) is 89.4 Å². The molecule has 0 spiro atoms. The quantitative estimate of drug-likeness (QED) is 0.151. The van der Waals surface area contributed by atoms with Gasteiger partial charge in [0.05, 0.1) is 71.8 Å². The standard InChI is InChI=1S/C82H49N9O/c1-5-23-50(24-6-1)80-84-81(64-36-21-35-63-73-71(41-22-42-72(73)92-79(63)64)91-70-40-20-16-34-58(70)62-46-45-61-56-32-14-18-38-68(56)89(77(61)78(62)91)53-29-11-4-12-30-53)86-82(85-80)65-47-54(48-66-74(65)87(49-83-66)51-25-7-2-8-26-51)90-69-39-19-15-33-57(69)60-44-43-59-55-31-13-17-37-67(55)88(75(59)76(60)90)52-27-9-3-10-28-52/h1-49H. The maximum absolute atomic E-state index is 7.27. The second-order valence-electron chi connectivity index (χ2n) is 23.7. The number of hydrogen-bond acceptors (Lipinski definition) is 5. The maximum atomic E-state index is 7.27. The molecule has 0 aliphatic rings. The van der Waals surface area contributed by atoms with Gasteiger partial charge in [-0.3, -0.25) is 4.57 Å². The van der Waals surface area contributed by atoms with Crippen molar-refractivity contribution >= 4 is 120 Å². The van der Waals surface area contributed by atoms with Crippen LogP contribution < -0.4 is 0 Å². The predicted molar refractivity (Wildman–Crippen MR) is 375 cm³/mol. The SMILES string of the molecule is c1ccc(-c2nc(-c3cccc4c3oc3cccc(-n5c6ccccc6c6ccc7c8ccccc8n(-c8ccccc8)c7c65)c34)nc(-c3cc(-n4c5ccccc5c5ccc6c7ccccc7n(-c7ccccc7)c6c54)cc4ncn(-c5ccccc5)c34)n2)cc1. The van der Waals surface area contributed by atoms with Crippen molar-refractivity contribution in [3.8, 4) is 62.6 Å². The molecular formula is C82H49N9O. The number of fused-ring (bicyclic) bond motifs is 18. The van der Waals surface area contributed by atoms with E-state index in [0.717, 1.165) is 133 Å². The maximum Gasteiger partial charge on any atom is 0.167 e. The van der Waals surface area contributed by atoms with Gasteiger partial charge < -0.3 is 22.7 Å². The van der Waals surface area contributed by atoms with Crippen LogP contribution >= 0.6 is 0 Å². The highest BCUT2D eigenvalue weighted by atomic mass is 16.3. The Morgan fingerprint density at radius 1 is 0.283 bits per heavy atom. The Balaban J connectivity index is 0.858. The molecule has 0 N–H and O–H groups in total. The Morgan fingerprint density at radius 2 is 0.707 bits per heavy atom. The first-order chi connectivity index (χ1) is 45.7.